The SMILES string of the molecule is O=C(Nc1ncc(Br)nc1Br)C1CCC2CCCCC2C1. The molecule has 114 valence electrons. The first-order valence-electron chi connectivity index (χ1n) is 7.62. The number of carbonyl (C=O) groups is 1. The van der Waals surface area contributed by atoms with Crippen molar-refractivity contribution in [2.45, 2.75) is 44.9 Å². The fraction of sp³-hybridized carbons (Fsp3) is 0.667. The summed E-state index contributed by atoms with van der Waals surface area (Å²) < 4.78 is 1.21. The summed E-state index contributed by atoms with van der Waals surface area (Å²) in [4.78, 5) is 20.9. The number of carbonyl (C=O) groups excluding carboxylic acids is 1. The van der Waals surface area contributed by atoms with Gasteiger partial charge in [0.2, 0.25) is 5.91 Å². The highest BCUT2D eigenvalue weighted by Gasteiger charge is 2.35. The lowest BCUT2D eigenvalue weighted by Crippen LogP contribution is -2.34. The van der Waals surface area contributed by atoms with E-state index in [1.165, 1.54) is 32.1 Å². The molecule has 0 aliphatic heterocycles. The third-order valence-corrected chi connectivity index (χ3v) is 5.79. The summed E-state index contributed by atoms with van der Waals surface area (Å²) in [6.45, 7) is 0. The normalized spacial score (nSPS) is 28.8. The molecule has 1 amide bonds. The van der Waals surface area contributed by atoms with Crippen LogP contribution in [0.1, 0.15) is 44.9 Å². The molecule has 2 saturated carbocycles. The Balaban J connectivity index is 1.63. The number of hydrogen-bond acceptors (Lipinski definition) is 3. The van der Waals surface area contributed by atoms with E-state index in [1.807, 2.05) is 0 Å². The van der Waals surface area contributed by atoms with Gasteiger partial charge in [0.1, 0.15) is 9.21 Å². The van der Waals surface area contributed by atoms with Crippen LogP contribution in [0.15, 0.2) is 15.4 Å². The third-order valence-electron chi connectivity index (χ3n) is 4.85. The molecule has 0 saturated heterocycles. The lowest BCUT2D eigenvalue weighted by atomic mass is 9.67. The Morgan fingerprint density at radius 2 is 1.90 bits per heavy atom. The number of rotatable bonds is 2. The molecule has 4 nitrogen and oxygen atoms in total. The molecule has 6 heteroatoms. The van der Waals surface area contributed by atoms with Gasteiger partial charge in [-0.2, -0.15) is 0 Å². The molecule has 1 aromatic rings. The van der Waals surface area contributed by atoms with E-state index in [9.17, 15) is 4.79 Å². The molecule has 3 rings (SSSR count). The van der Waals surface area contributed by atoms with Gasteiger partial charge < -0.3 is 5.32 Å². The van der Waals surface area contributed by atoms with Crippen LogP contribution in [0.2, 0.25) is 0 Å². The Bertz CT molecular complexity index is 538. The van der Waals surface area contributed by atoms with Crippen LogP contribution in [0.3, 0.4) is 0 Å². The highest BCUT2D eigenvalue weighted by atomic mass is 79.9. The summed E-state index contributed by atoms with van der Waals surface area (Å²) >= 11 is 6.60. The second-order valence-electron chi connectivity index (χ2n) is 6.14. The van der Waals surface area contributed by atoms with E-state index in [0.29, 0.717) is 15.0 Å². The summed E-state index contributed by atoms with van der Waals surface area (Å²) in [6, 6.07) is 0. The van der Waals surface area contributed by atoms with E-state index in [4.69, 9.17) is 0 Å². The van der Waals surface area contributed by atoms with Crippen LogP contribution < -0.4 is 5.32 Å². The van der Waals surface area contributed by atoms with Crippen molar-refractivity contribution in [2.24, 2.45) is 17.8 Å². The number of fused-ring (bicyclic) bond motifs is 1. The quantitative estimate of drug-likeness (QED) is 0.769. The Morgan fingerprint density at radius 3 is 2.67 bits per heavy atom. The van der Waals surface area contributed by atoms with Gasteiger partial charge in [0, 0.05) is 5.92 Å². The largest absolute Gasteiger partial charge is 0.308 e. The van der Waals surface area contributed by atoms with Gasteiger partial charge >= 0.3 is 0 Å². The topological polar surface area (TPSA) is 54.9 Å². The highest BCUT2D eigenvalue weighted by Crippen LogP contribution is 2.42. The minimum atomic E-state index is 0.0938. The average Bonchev–Trinajstić information content (AvgIpc) is 2.49. The maximum Gasteiger partial charge on any atom is 0.228 e. The Labute approximate surface area is 141 Å². The van der Waals surface area contributed by atoms with Crippen molar-refractivity contribution in [3.8, 4) is 0 Å². The lowest BCUT2D eigenvalue weighted by molar-refractivity contribution is -0.122. The second-order valence-corrected chi connectivity index (χ2v) is 7.70. The van der Waals surface area contributed by atoms with Crippen LogP contribution in [0.4, 0.5) is 5.82 Å². The molecule has 0 radical (unpaired) electrons. The smallest absolute Gasteiger partial charge is 0.228 e. The molecular weight excluding hydrogens is 398 g/mol. The van der Waals surface area contributed by atoms with Gasteiger partial charge in [-0.25, -0.2) is 9.97 Å². The highest BCUT2D eigenvalue weighted by molar-refractivity contribution is 9.11. The van der Waals surface area contributed by atoms with Gasteiger partial charge in [0.15, 0.2) is 5.82 Å². The second kappa shape index (κ2) is 6.73. The number of halogens is 2. The number of anilines is 1. The molecule has 21 heavy (non-hydrogen) atoms. The minimum Gasteiger partial charge on any atom is -0.308 e. The van der Waals surface area contributed by atoms with Crippen LogP contribution in [0.5, 0.6) is 0 Å². The Morgan fingerprint density at radius 1 is 1.14 bits per heavy atom. The average molecular weight is 417 g/mol. The standard InChI is InChI=1S/C15H19Br2N3O/c16-12-8-18-14(13(17)19-12)20-15(21)11-6-5-9-3-1-2-4-10(9)7-11/h8-11H,1-7H2,(H,18,20,21). The van der Waals surface area contributed by atoms with Gasteiger partial charge in [0.05, 0.1) is 6.20 Å². The van der Waals surface area contributed by atoms with E-state index < -0.39 is 0 Å². The summed E-state index contributed by atoms with van der Waals surface area (Å²) in [6.07, 6.45) is 10.2. The molecule has 1 N–H and O–H groups in total. The van der Waals surface area contributed by atoms with E-state index >= 15 is 0 Å². The maximum atomic E-state index is 12.5. The molecule has 3 unspecified atom stereocenters. The van der Waals surface area contributed by atoms with Crippen molar-refractivity contribution >= 4 is 43.6 Å². The molecule has 2 aliphatic carbocycles. The zero-order chi connectivity index (χ0) is 14.8. The molecule has 1 aromatic heterocycles. The molecule has 2 aliphatic rings. The van der Waals surface area contributed by atoms with Crippen molar-refractivity contribution in [1.82, 2.24) is 9.97 Å². The summed E-state index contributed by atoms with van der Waals surface area (Å²) in [7, 11) is 0. The first-order chi connectivity index (χ1) is 10.1. The molecule has 0 bridgehead atoms. The fourth-order valence-electron chi connectivity index (χ4n) is 3.76. The van der Waals surface area contributed by atoms with E-state index in [2.05, 4.69) is 47.1 Å². The molecule has 1 heterocycles. The van der Waals surface area contributed by atoms with Gasteiger partial charge in [-0.3, -0.25) is 4.79 Å². The van der Waals surface area contributed by atoms with Gasteiger partial charge in [-0.05, 0) is 63.0 Å². The Hall–Kier alpha value is -0.490. The molecule has 0 aromatic carbocycles. The third kappa shape index (κ3) is 3.65. The predicted molar refractivity (Wildman–Crippen MR) is 88.9 cm³/mol. The first-order valence-corrected chi connectivity index (χ1v) is 9.21. The first kappa shape index (κ1) is 15.4. The summed E-state index contributed by atoms with van der Waals surface area (Å²) in [5.74, 6) is 2.34. The van der Waals surface area contributed by atoms with Crippen molar-refractivity contribution in [3.63, 3.8) is 0 Å². The molecule has 0 spiro atoms. The van der Waals surface area contributed by atoms with E-state index in [-0.39, 0.29) is 11.8 Å². The van der Waals surface area contributed by atoms with Crippen LogP contribution in [0.25, 0.3) is 0 Å². The minimum absolute atomic E-state index is 0.0938. The Kier molecular flexibility index (Phi) is 4.94. The molecule has 3 atom stereocenters. The van der Waals surface area contributed by atoms with Crippen molar-refractivity contribution in [3.05, 3.63) is 15.4 Å². The number of nitrogens with zero attached hydrogens (tertiary/aromatic N) is 2. The zero-order valence-corrected chi connectivity index (χ0v) is 15.0. The molecule has 2 fully saturated rings. The van der Waals surface area contributed by atoms with Crippen LogP contribution in [-0.2, 0) is 4.79 Å². The number of aromatic nitrogens is 2. The van der Waals surface area contributed by atoms with Crippen molar-refractivity contribution in [2.75, 3.05) is 5.32 Å². The van der Waals surface area contributed by atoms with Crippen molar-refractivity contribution < 1.29 is 4.79 Å². The molecular formula is C15H19Br2N3O. The lowest BCUT2D eigenvalue weighted by Gasteiger charge is -2.38. The summed E-state index contributed by atoms with van der Waals surface area (Å²) in [5.41, 5.74) is 0. The van der Waals surface area contributed by atoms with E-state index in [0.717, 1.165) is 24.7 Å². The van der Waals surface area contributed by atoms with Gasteiger partial charge in [0.25, 0.3) is 0 Å². The van der Waals surface area contributed by atoms with E-state index in [1.54, 1.807) is 6.20 Å². The number of nitrogens with one attached hydrogen (secondary N) is 1. The monoisotopic (exact) mass is 415 g/mol. The zero-order valence-electron chi connectivity index (χ0n) is 11.8. The van der Waals surface area contributed by atoms with Crippen LogP contribution in [-0.4, -0.2) is 15.9 Å². The van der Waals surface area contributed by atoms with Crippen LogP contribution in [0, 0.1) is 17.8 Å². The van der Waals surface area contributed by atoms with Gasteiger partial charge in [-0.1, -0.05) is 25.7 Å². The summed E-state index contributed by atoms with van der Waals surface area (Å²) in [5, 5.41) is 2.92. The fourth-order valence-corrected chi connectivity index (χ4v) is 4.67. The van der Waals surface area contributed by atoms with Gasteiger partial charge in [-0.15, -0.1) is 0 Å². The van der Waals surface area contributed by atoms with Crippen molar-refractivity contribution in [1.29, 1.82) is 0 Å². The predicted octanol–water partition coefficient (Wildman–Crippen LogP) is 4.55. The van der Waals surface area contributed by atoms with Crippen LogP contribution >= 0.6 is 31.9 Å². The number of hydrogen-bond donors (Lipinski definition) is 1. The maximum absolute atomic E-state index is 12.5. The number of amides is 1.